The van der Waals surface area contributed by atoms with E-state index in [1.54, 1.807) is 0 Å². The number of carbonyl (C=O) groups excluding carboxylic acids is 1. The number of rotatable bonds is 6. The van der Waals surface area contributed by atoms with Crippen molar-refractivity contribution < 1.29 is 14.3 Å². The first-order valence-corrected chi connectivity index (χ1v) is 10.9. The van der Waals surface area contributed by atoms with Gasteiger partial charge in [0.1, 0.15) is 6.10 Å². The van der Waals surface area contributed by atoms with Crippen LogP contribution in [0, 0.1) is 0 Å². The Labute approximate surface area is 182 Å². The van der Waals surface area contributed by atoms with Gasteiger partial charge in [0.05, 0.1) is 25.5 Å². The van der Waals surface area contributed by atoms with Crippen LogP contribution in [0.25, 0.3) is 0 Å². The summed E-state index contributed by atoms with van der Waals surface area (Å²) in [6.45, 7) is 5.68. The Kier molecular flexibility index (Phi) is 7.33. The van der Waals surface area contributed by atoms with E-state index in [0.29, 0.717) is 39.3 Å². The second-order valence-corrected chi connectivity index (χ2v) is 8.20. The molecule has 0 bridgehead atoms. The standard InChI is InChI=1S/C23H28ClN3O3/c24-19-4-1-3-18(15-19)16-20-5-2-6-21(25-20)22-17-26(9-14-30-22)8-7-23(28)27-10-12-29-13-11-27/h1-6,15,22H,7-14,16-17H2/t22-/m1/s1. The maximum Gasteiger partial charge on any atom is 0.224 e. The van der Waals surface area contributed by atoms with Crippen molar-refractivity contribution in [2.75, 3.05) is 52.5 Å². The number of hydrogen-bond donors (Lipinski definition) is 0. The van der Waals surface area contributed by atoms with Gasteiger partial charge < -0.3 is 14.4 Å². The molecule has 2 fully saturated rings. The zero-order valence-corrected chi connectivity index (χ0v) is 17.9. The van der Waals surface area contributed by atoms with Crippen LogP contribution in [0.5, 0.6) is 0 Å². The Morgan fingerprint density at radius 3 is 2.77 bits per heavy atom. The van der Waals surface area contributed by atoms with E-state index in [-0.39, 0.29) is 12.0 Å². The number of hydrogen-bond acceptors (Lipinski definition) is 5. The van der Waals surface area contributed by atoms with Crippen LogP contribution in [-0.2, 0) is 20.7 Å². The minimum Gasteiger partial charge on any atom is -0.378 e. The molecule has 2 aliphatic heterocycles. The van der Waals surface area contributed by atoms with Crippen LogP contribution in [0.1, 0.15) is 29.5 Å². The Hall–Kier alpha value is -1.99. The molecule has 160 valence electrons. The third-order valence-corrected chi connectivity index (χ3v) is 5.82. The molecule has 1 aromatic carbocycles. The quantitative estimate of drug-likeness (QED) is 0.706. The van der Waals surface area contributed by atoms with Gasteiger partial charge in [-0.2, -0.15) is 0 Å². The third-order valence-electron chi connectivity index (χ3n) is 5.59. The molecule has 6 nitrogen and oxygen atoms in total. The zero-order chi connectivity index (χ0) is 20.8. The molecule has 0 saturated carbocycles. The van der Waals surface area contributed by atoms with E-state index in [1.165, 1.54) is 0 Å². The smallest absolute Gasteiger partial charge is 0.224 e. The molecule has 0 radical (unpaired) electrons. The summed E-state index contributed by atoms with van der Waals surface area (Å²) in [5.41, 5.74) is 3.08. The van der Waals surface area contributed by atoms with E-state index in [1.807, 2.05) is 41.3 Å². The van der Waals surface area contributed by atoms with E-state index in [4.69, 9.17) is 26.1 Å². The van der Waals surface area contributed by atoms with Gasteiger partial charge in [-0.25, -0.2) is 0 Å². The van der Waals surface area contributed by atoms with Gasteiger partial charge in [-0.15, -0.1) is 0 Å². The molecule has 1 amide bonds. The minimum atomic E-state index is -0.0726. The van der Waals surface area contributed by atoms with E-state index < -0.39 is 0 Å². The van der Waals surface area contributed by atoms with Gasteiger partial charge >= 0.3 is 0 Å². The summed E-state index contributed by atoms with van der Waals surface area (Å²) in [5, 5.41) is 0.738. The van der Waals surface area contributed by atoms with E-state index in [9.17, 15) is 4.79 Å². The minimum absolute atomic E-state index is 0.0726. The highest BCUT2D eigenvalue weighted by Crippen LogP contribution is 2.22. The second-order valence-electron chi connectivity index (χ2n) is 7.76. The number of nitrogens with zero attached hydrogens (tertiary/aromatic N) is 3. The number of benzene rings is 1. The largest absolute Gasteiger partial charge is 0.378 e. The van der Waals surface area contributed by atoms with Crippen molar-refractivity contribution in [3.63, 3.8) is 0 Å². The van der Waals surface area contributed by atoms with Gasteiger partial charge in [-0.05, 0) is 29.8 Å². The number of morpholine rings is 2. The van der Waals surface area contributed by atoms with Gasteiger partial charge in [-0.1, -0.05) is 29.8 Å². The van der Waals surface area contributed by atoms with Gasteiger partial charge in [0, 0.05) is 56.3 Å². The first-order valence-electron chi connectivity index (χ1n) is 10.6. The zero-order valence-electron chi connectivity index (χ0n) is 17.1. The van der Waals surface area contributed by atoms with Gasteiger partial charge in [0.15, 0.2) is 0 Å². The first-order chi connectivity index (χ1) is 14.7. The molecule has 2 saturated heterocycles. The Bertz CT molecular complexity index is 857. The van der Waals surface area contributed by atoms with Crippen LogP contribution in [0.2, 0.25) is 5.02 Å². The SMILES string of the molecule is O=C(CCN1CCO[C@@H](c2cccc(Cc3cccc(Cl)c3)n2)C1)N1CCOCC1. The van der Waals surface area contributed by atoms with E-state index >= 15 is 0 Å². The number of halogens is 1. The molecular weight excluding hydrogens is 402 g/mol. The van der Waals surface area contributed by atoms with Crippen molar-refractivity contribution in [1.82, 2.24) is 14.8 Å². The molecule has 4 rings (SSSR count). The molecule has 3 heterocycles. The van der Waals surface area contributed by atoms with Gasteiger partial charge in [-0.3, -0.25) is 14.7 Å². The predicted octanol–water partition coefficient (Wildman–Crippen LogP) is 2.95. The van der Waals surface area contributed by atoms with Gasteiger partial charge in [0.2, 0.25) is 5.91 Å². The lowest BCUT2D eigenvalue weighted by Crippen LogP contribution is -2.44. The lowest BCUT2D eigenvalue weighted by Gasteiger charge is -2.33. The number of ether oxygens (including phenoxy) is 2. The van der Waals surface area contributed by atoms with Crippen LogP contribution in [-0.4, -0.2) is 73.2 Å². The molecule has 0 spiro atoms. The number of carbonyl (C=O) groups is 1. The highest BCUT2D eigenvalue weighted by atomic mass is 35.5. The highest BCUT2D eigenvalue weighted by molar-refractivity contribution is 6.30. The summed E-state index contributed by atoms with van der Waals surface area (Å²) in [6.07, 6.45) is 1.20. The molecule has 1 atom stereocenters. The van der Waals surface area contributed by atoms with Crippen molar-refractivity contribution in [3.05, 3.63) is 64.4 Å². The Balaban J connectivity index is 1.33. The fourth-order valence-electron chi connectivity index (χ4n) is 3.94. The van der Waals surface area contributed by atoms with Crippen LogP contribution < -0.4 is 0 Å². The maximum absolute atomic E-state index is 12.4. The summed E-state index contributed by atoms with van der Waals surface area (Å²) in [7, 11) is 0. The van der Waals surface area contributed by atoms with Crippen LogP contribution >= 0.6 is 11.6 Å². The van der Waals surface area contributed by atoms with Crippen molar-refractivity contribution >= 4 is 17.5 Å². The fraction of sp³-hybridized carbons (Fsp3) is 0.478. The maximum atomic E-state index is 12.4. The molecule has 2 aliphatic rings. The summed E-state index contributed by atoms with van der Waals surface area (Å²) in [5.74, 6) is 0.211. The molecule has 30 heavy (non-hydrogen) atoms. The molecule has 7 heteroatoms. The average Bonchev–Trinajstić information content (AvgIpc) is 2.78. The highest BCUT2D eigenvalue weighted by Gasteiger charge is 2.24. The first kappa shape index (κ1) is 21.2. The fourth-order valence-corrected chi connectivity index (χ4v) is 4.15. The molecule has 2 aromatic rings. The Morgan fingerprint density at radius 1 is 1.10 bits per heavy atom. The van der Waals surface area contributed by atoms with Crippen molar-refractivity contribution in [2.45, 2.75) is 18.9 Å². The Morgan fingerprint density at radius 2 is 1.93 bits per heavy atom. The van der Waals surface area contributed by atoms with Gasteiger partial charge in [0.25, 0.3) is 0 Å². The second kappa shape index (κ2) is 10.4. The summed E-state index contributed by atoms with van der Waals surface area (Å²) in [6, 6.07) is 14.0. The molecule has 0 unspecified atom stereocenters. The molecule has 0 N–H and O–H groups in total. The monoisotopic (exact) mass is 429 g/mol. The lowest BCUT2D eigenvalue weighted by atomic mass is 10.1. The van der Waals surface area contributed by atoms with Crippen LogP contribution in [0.15, 0.2) is 42.5 Å². The van der Waals surface area contributed by atoms with Crippen molar-refractivity contribution in [3.8, 4) is 0 Å². The van der Waals surface area contributed by atoms with E-state index in [0.717, 1.165) is 48.0 Å². The molecule has 0 aliphatic carbocycles. The van der Waals surface area contributed by atoms with Crippen LogP contribution in [0.3, 0.4) is 0 Å². The summed E-state index contributed by atoms with van der Waals surface area (Å²) >= 11 is 6.10. The molecule has 1 aromatic heterocycles. The number of amides is 1. The third kappa shape index (κ3) is 5.79. The topological polar surface area (TPSA) is 54.9 Å². The normalized spacial score (nSPS) is 20.3. The van der Waals surface area contributed by atoms with E-state index in [2.05, 4.69) is 11.0 Å². The van der Waals surface area contributed by atoms with Crippen molar-refractivity contribution in [1.29, 1.82) is 0 Å². The van der Waals surface area contributed by atoms with Crippen molar-refractivity contribution in [2.24, 2.45) is 0 Å². The number of pyridine rings is 1. The predicted molar refractivity (Wildman–Crippen MR) is 116 cm³/mol. The number of aromatic nitrogens is 1. The lowest BCUT2D eigenvalue weighted by molar-refractivity contribution is -0.136. The van der Waals surface area contributed by atoms with Crippen LogP contribution in [0.4, 0.5) is 0 Å². The summed E-state index contributed by atoms with van der Waals surface area (Å²) < 4.78 is 11.3. The molecular formula is C23H28ClN3O3. The summed E-state index contributed by atoms with van der Waals surface area (Å²) in [4.78, 5) is 21.5. The average molecular weight is 430 g/mol.